The van der Waals surface area contributed by atoms with E-state index in [0.717, 1.165) is 18.3 Å². The number of carbonyl (C=O) groups is 1. The van der Waals surface area contributed by atoms with Crippen LogP contribution >= 0.6 is 11.6 Å². The van der Waals surface area contributed by atoms with Gasteiger partial charge >= 0.3 is 11.6 Å². The molecule has 2 aromatic carbocycles. The number of aromatic nitrogens is 2. The third-order valence-corrected chi connectivity index (χ3v) is 4.17. The first kappa shape index (κ1) is 20.0. The summed E-state index contributed by atoms with van der Waals surface area (Å²) in [7, 11) is 0. The lowest BCUT2D eigenvalue weighted by Crippen LogP contribution is -2.30. The smallest absolute Gasteiger partial charge is 0.374 e. The minimum atomic E-state index is -0.688. The lowest BCUT2D eigenvalue weighted by atomic mass is 10.2. The van der Waals surface area contributed by atoms with Crippen molar-refractivity contribution >= 4 is 29.0 Å². The van der Waals surface area contributed by atoms with Crippen LogP contribution in [0.3, 0.4) is 0 Å². The van der Waals surface area contributed by atoms with Crippen LogP contribution in [0.1, 0.15) is 22.8 Å². The summed E-state index contributed by atoms with van der Waals surface area (Å²) in [6.45, 7) is 2.02. The summed E-state index contributed by atoms with van der Waals surface area (Å²) < 4.78 is 5.56. The van der Waals surface area contributed by atoms with E-state index in [1.165, 1.54) is 12.1 Å². The van der Waals surface area contributed by atoms with Crippen molar-refractivity contribution in [3.8, 4) is 11.6 Å². The average molecular weight is 414 g/mol. The fourth-order valence-corrected chi connectivity index (χ4v) is 2.51. The summed E-state index contributed by atoms with van der Waals surface area (Å²) in [5.41, 5.74) is 5.70. The van der Waals surface area contributed by atoms with E-state index in [1.807, 2.05) is 19.1 Å². The molecule has 3 aromatic rings. The fraction of sp³-hybridized carbons (Fsp3) is 0.105. The zero-order chi connectivity index (χ0) is 20.8. The number of benzene rings is 2. The Labute approximate surface area is 170 Å². The summed E-state index contributed by atoms with van der Waals surface area (Å²) in [6.07, 6.45) is 1.95. The van der Waals surface area contributed by atoms with Crippen molar-refractivity contribution < 1.29 is 14.5 Å². The highest BCUT2D eigenvalue weighted by atomic mass is 35.5. The van der Waals surface area contributed by atoms with E-state index in [-0.39, 0.29) is 11.7 Å². The number of ether oxygens (including phenoxy) is 1. The highest BCUT2D eigenvalue weighted by Crippen LogP contribution is 2.33. The van der Waals surface area contributed by atoms with Gasteiger partial charge in [0.15, 0.2) is 0 Å². The number of anilines is 1. The van der Waals surface area contributed by atoms with Crippen LogP contribution in [-0.4, -0.2) is 20.8 Å². The average Bonchev–Trinajstić information content (AvgIpc) is 2.73. The number of amides is 1. The van der Waals surface area contributed by atoms with Gasteiger partial charge in [0.25, 0.3) is 5.91 Å². The van der Waals surface area contributed by atoms with Gasteiger partial charge in [-0.05, 0) is 48.4 Å². The first-order valence-electron chi connectivity index (χ1n) is 8.56. The van der Waals surface area contributed by atoms with Gasteiger partial charge in [-0.2, -0.15) is 4.98 Å². The van der Waals surface area contributed by atoms with Crippen LogP contribution in [0.5, 0.6) is 11.6 Å². The molecule has 0 spiro atoms. The number of halogens is 1. The van der Waals surface area contributed by atoms with Crippen molar-refractivity contribution in [2.45, 2.75) is 13.3 Å². The Morgan fingerprint density at radius 1 is 1.14 bits per heavy atom. The van der Waals surface area contributed by atoms with Crippen molar-refractivity contribution in [1.82, 2.24) is 15.4 Å². The van der Waals surface area contributed by atoms with Gasteiger partial charge in [0.05, 0.1) is 4.92 Å². The van der Waals surface area contributed by atoms with Gasteiger partial charge in [-0.15, -0.1) is 0 Å². The van der Waals surface area contributed by atoms with Crippen LogP contribution in [0.2, 0.25) is 5.02 Å². The maximum Gasteiger partial charge on any atom is 0.374 e. The SMILES string of the molecule is CCc1ccc(Oc2ncnc(NNC(=O)c3ccc(Cl)cc3)c2[N+](=O)[O-])cc1. The van der Waals surface area contributed by atoms with E-state index in [4.69, 9.17) is 16.3 Å². The highest BCUT2D eigenvalue weighted by Gasteiger charge is 2.25. The second kappa shape index (κ2) is 8.98. The lowest BCUT2D eigenvalue weighted by Gasteiger charge is -2.10. The Morgan fingerprint density at radius 2 is 1.83 bits per heavy atom. The molecule has 0 bridgehead atoms. The molecule has 0 saturated heterocycles. The largest absolute Gasteiger partial charge is 0.434 e. The zero-order valence-corrected chi connectivity index (χ0v) is 16.0. The van der Waals surface area contributed by atoms with E-state index < -0.39 is 16.5 Å². The number of nitrogens with zero attached hydrogens (tertiary/aromatic N) is 3. The molecule has 0 aliphatic carbocycles. The summed E-state index contributed by atoms with van der Waals surface area (Å²) in [5, 5.41) is 12.0. The highest BCUT2D eigenvalue weighted by molar-refractivity contribution is 6.30. The molecule has 0 saturated carbocycles. The number of hydrogen-bond donors (Lipinski definition) is 2. The summed E-state index contributed by atoms with van der Waals surface area (Å²) >= 11 is 5.79. The van der Waals surface area contributed by atoms with E-state index in [0.29, 0.717) is 16.3 Å². The van der Waals surface area contributed by atoms with Crippen LogP contribution in [-0.2, 0) is 6.42 Å². The van der Waals surface area contributed by atoms with Gasteiger partial charge in [0.1, 0.15) is 12.1 Å². The maximum absolute atomic E-state index is 12.2. The predicted octanol–water partition coefficient (Wildman–Crippen LogP) is 4.15. The zero-order valence-electron chi connectivity index (χ0n) is 15.3. The number of aryl methyl sites for hydroxylation is 1. The fourth-order valence-electron chi connectivity index (χ4n) is 2.39. The van der Waals surface area contributed by atoms with Gasteiger partial charge < -0.3 is 4.74 Å². The molecule has 0 aliphatic rings. The van der Waals surface area contributed by atoms with Crippen LogP contribution < -0.4 is 15.6 Å². The van der Waals surface area contributed by atoms with E-state index in [1.54, 1.807) is 24.3 Å². The monoisotopic (exact) mass is 413 g/mol. The third kappa shape index (κ3) is 4.96. The molecule has 1 amide bonds. The van der Waals surface area contributed by atoms with Crippen molar-refractivity contribution in [3.05, 3.63) is 81.1 Å². The van der Waals surface area contributed by atoms with Crippen molar-refractivity contribution in [1.29, 1.82) is 0 Å². The second-order valence-electron chi connectivity index (χ2n) is 5.82. The number of hydrogen-bond acceptors (Lipinski definition) is 7. The third-order valence-electron chi connectivity index (χ3n) is 3.92. The maximum atomic E-state index is 12.2. The van der Waals surface area contributed by atoms with Crippen molar-refractivity contribution in [2.24, 2.45) is 0 Å². The quantitative estimate of drug-likeness (QED) is 0.441. The molecule has 0 aliphatic heterocycles. The van der Waals surface area contributed by atoms with Crippen LogP contribution in [0, 0.1) is 10.1 Å². The molecule has 1 heterocycles. The molecule has 3 rings (SSSR count). The van der Waals surface area contributed by atoms with E-state index in [9.17, 15) is 14.9 Å². The molecule has 0 unspecified atom stereocenters. The topological polar surface area (TPSA) is 119 Å². The van der Waals surface area contributed by atoms with Crippen LogP contribution in [0.4, 0.5) is 11.5 Å². The molecule has 148 valence electrons. The number of nitrogens with one attached hydrogen (secondary N) is 2. The Kier molecular flexibility index (Phi) is 6.20. The normalized spacial score (nSPS) is 10.3. The molecule has 0 atom stereocenters. The summed E-state index contributed by atoms with van der Waals surface area (Å²) in [4.78, 5) is 30.7. The summed E-state index contributed by atoms with van der Waals surface area (Å²) in [5.74, 6) is -0.600. The number of rotatable bonds is 7. The molecule has 9 nitrogen and oxygen atoms in total. The standard InChI is InChI=1S/C19H16ClN5O4/c1-2-12-3-9-15(10-4-12)29-19-16(25(27)28)17(21-11-22-19)23-24-18(26)13-5-7-14(20)8-6-13/h3-11H,2H2,1H3,(H,24,26)(H,21,22,23). The van der Waals surface area contributed by atoms with Crippen LogP contribution in [0.15, 0.2) is 54.9 Å². The number of hydrazine groups is 1. The number of nitro groups is 1. The molecule has 0 fully saturated rings. The Bertz CT molecular complexity index is 1030. The minimum Gasteiger partial charge on any atom is -0.434 e. The lowest BCUT2D eigenvalue weighted by molar-refractivity contribution is -0.385. The van der Waals surface area contributed by atoms with Crippen molar-refractivity contribution in [2.75, 3.05) is 5.43 Å². The molecule has 29 heavy (non-hydrogen) atoms. The first-order valence-corrected chi connectivity index (χ1v) is 8.94. The second-order valence-corrected chi connectivity index (χ2v) is 6.26. The van der Waals surface area contributed by atoms with Gasteiger partial charge in [-0.1, -0.05) is 30.7 Å². The molecular weight excluding hydrogens is 398 g/mol. The molecular formula is C19H16ClN5O4. The Morgan fingerprint density at radius 3 is 2.45 bits per heavy atom. The van der Waals surface area contributed by atoms with E-state index in [2.05, 4.69) is 20.8 Å². The molecule has 2 N–H and O–H groups in total. The van der Waals surface area contributed by atoms with Crippen LogP contribution in [0.25, 0.3) is 0 Å². The number of carbonyl (C=O) groups excluding carboxylic acids is 1. The molecule has 10 heteroatoms. The Hall–Kier alpha value is -3.72. The predicted molar refractivity (Wildman–Crippen MR) is 107 cm³/mol. The molecule has 1 aromatic heterocycles. The van der Waals surface area contributed by atoms with E-state index >= 15 is 0 Å². The first-order chi connectivity index (χ1) is 14.0. The minimum absolute atomic E-state index is 0.215. The Balaban J connectivity index is 1.79. The van der Waals surface area contributed by atoms with Gasteiger partial charge in [-0.25, -0.2) is 4.98 Å². The summed E-state index contributed by atoms with van der Waals surface area (Å²) in [6, 6.07) is 13.2. The van der Waals surface area contributed by atoms with Crippen molar-refractivity contribution in [3.63, 3.8) is 0 Å². The van der Waals surface area contributed by atoms with Gasteiger partial charge in [0, 0.05) is 10.6 Å². The van der Waals surface area contributed by atoms with Gasteiger partial charge in [0.2, 0.25) is 5.82 Å². The molecule has 0 radical (unpaired) electrons. The van der Waals surface area contributed by atoms with Gasteiger partial charge in [-0.3, -0.25) is 25.8 Å².